The molecular formula is C69H113N4O9Y-. The van der Waals surface area contributed by atoms with Gasteiger partial charge in [0.05, 0.1) is 0 Å². The Hall–Kier alpha value is -6.84. The molecule has 6 aromatic carbocycles. The predicted molar refractivity (Wildman–Crippen MR) is 362 cm³/mol. The normalized spacial score (nSPS) is 7.35. The van der Waals surface area contributed by atoms with Crippen molar-refractivity contribution in [3.05, 3.63) is 238 Å². The molecule has 467 valence electrons. The number of aliphatic hydroxyl groups is 2. The number of anilines is 4. The number of nitrogens with one attached hydrogen (secondary N) is 3. The van der Waals surface area contributed by atoms with Crippen LogP contribution in [-0.2, 0) is 67.8 Å². The molecule has 0 heterocycles. The molecule has 0 aliphatic heterocycles. The van der Waals surface area contributed by atoms with E-state index in [0.29, 0.717) is 6.42 Å². The van der Waals surface area contributed by atoms with E-state index in [9.17, 15) is 19.2 Å². The van der Waals surface area contributed by atoms with Gasteiger partial charge < -0.3 is 53.9 Å². The smallest absolute Gasteiger partial charge is 0.327 e. The molecule has 6 aromatic rings. The number of carboxylic acid groups (broad SMARTS) is 1. The van der Waals surface area contributed by atoms with Gasteiger partial charge in [0.1, 0.15) is 0 Å². The minimum absolute atomic E-state index is 0. The van der Waals surface area contributed by atoms with E-state index < -0.39 is 5.97 Å². The van der Waals surface area contributed by atoms with Gasteiger partial charge in [-0.25, -0.2) is 4.79 Å². The molecule has 0 saturated heterocycles. The van der Waals surface area contributed by atoms with E-state index >= 15 is 0 Å². The fraction of sp³-hybridized carbons (Fsp3) is 0.319. The number of carbonyl (C=O) groups is 4. The number of benzene rings is 6. The third-order valence-corrected chi connectivity index (χ3v) is 7.19. The summed E-state index contributed by atoms with van der Waals surface area (Å²) in [6, 6.07) is 56.1. The maximum Gasteiger partial charge on any atom is 0.327 e. The van der Waals surface area contributed by atoms with E-state index in [1.807, 2.05) is 223 Å². The van der Waals surface area contributed by atoms with Crippen LogP contribution in [0.15, 0.2) is 214 Å². The molecule has 0 spiro atoms. The van der Waals surface area contributed by atoms with Gasteiger partial charge in [-0.15, -0.1) is 0 Å². The number of nitrogen functional groups attached to an aromatic ring is 1. The quantitative estimate of drug-likeness (QED) is 0.0414. The Morgan fingerprint density at radius 2 is 0.663 bits per heavy atom. The molecule has 0 aliphatic rings. The molecule has 0 bridgehead atoms. The number of ether oxygens (including phenoxy) is 2. The van der Waals surface area contributed by atoms with Gasteiger partial charge in [-0.05, 0) is 86.5 Å². The molecular weight excluding hydrogens is 1120 g/mol. The molecule has 0 aliphatic carbocycles. The van der Waals surface area contributed by atoms with Crippen LogP contribution in [-0.4, -0.2) is 81.7 Å². The number of aliphatic hydroxyl groups excluding tert-OH is 2. The van der Waals surface area contributed by atoms with Gasteiger partial charge in [-0.3, -0.25) is 14.4 Å². The Morgan fingerprint density at radius 3 is 0.867 bits per heavy atom. The van der Waals surface area contributed by atoms with Crippen LogP contribution < -0.4 is 21.7 Å². The number of aryl methyl sites for hydroxylation is 3. The second-order valence-electron chi connectivity index (χ2n) is 12.9. The number of methoxy groups -OCH3 is 2. The minimum atomic E-state index is -0.981. The zero-order valence-corrected chi connectivity index (χ0v) is 57.8. The maximum atomic E-state index is 11.7. The second kappa shape index (κ2) is 97.4. The van der Waals surface area contributed by atoms with E-state index in [-0.39, 0.29) is 57.9 Å². The van der Waals surface area contributed by atoms with Gasteiger partial charge in [0.15, 0.2) is 0 Å². The average molecular weight is 1230 g/mol. The molecule has 3 amide bonds. The van der Waals surface area contributed by atoms with Crippen LogP contribution in [0.2, 0.25) is 0 Å². The number of aliphatic carboxylic acids is 1. The molecule has 13 nitrogen and oxygen atoms in total. The fourth-order valence-electron chi connectivity index (χ4n) is 4.17. The van der Waals surface area contributed by atoms with Gasteiger partial charge in [0.25, 0.3) is 0 Å². The van der Waals surface area contributed by atoms with Gasteiger partial charge in [0, 0.05) is 111 Å². The summed E-state index contributed by atoms with van der Waals surface area (Å²) in [6.45, 7) is 37.8. The average Bonchev–Trinajstić information content (AvgIpc) is 3.53. The summed E-state index contributed by atoms with van der Waals surface area (Å²) in [6.07, 6.45) is 4.61. The molecule has 83 heavy (non-hydrogen) atoms. The molecule has 0 aromatic heterocycles. The molecule has 1 radical (unpaired) electrons. The summed E-state index contributed by atoms with van der Waals surface area (Å²) < 4.78 is 8.50. The van der Waals surface area contributed by atoms with Gasteiger partial charge >= 0.3 is 5.97 Å². The Balaban J connectivity index is -0.0000000697. The molecule has 14 heteroatoms. The zero-order valence-electron chi connectivity index (χ0n) is 55.0. The number of nitrogens with two attached hydrogens (primary N) is 1. The van der Waals surface area contributed by atoms with Crippen molar-refractivity contribution in [1.29, 1.82) is 0 Å². The number of hydrogen-bond donors (Lipinski definition) is 7. The van der Waals surface area contributed by atoms with Crippen LogP contribution in [0.1, 0.15) is 106 Å². The van der Waals surface area contributed by atoms with Crippen molar-refractivity contribution in [2.45, 2.75) is 110 Å². The van der Waals surface area contributed by atoms with Crippen molar-refractivity contribution in [1.82, 2.24) is 0 Å². The van der Waals surface area contributed by atoms with E-state index in [4.69, 9.17) is 21.1 Å². The third kappa shape index (κ3) is 91.9. The first kappa shape index (κ1) is 105. The molecule has 0 saturated carbocycles. The number of amides is 3. The first-order valence-corrected chi connectivity index (χ1v) is 27.0. The van der Waals surface area contributed by atoms with Crippen LogP contribution in [0.4, 0.5) is 22.7 Å². The number of para-hydroxylation sites is 4. The standard InChI is InChI=1S/C16H17NO.2C9H9NO.C7H8.C6H7N.C3H4O2.2C2H6O.6C2H6.2CH4O.CH3.Y/c1-13-7-9-14(10-8-13)11-12-16(18)17-15-5-3-2-4-6-15;2*1-2-9(11)10-8-6-4-3-5-7-8;1-7-5-3-2-4-6-7;7-6-4-2-1-3-5-6;1-2-3(4)5;2*1-3-2;8*1-2;;/h2-10H,11-12H2,1H3,(H,17,18);2*2-7H,1H2,(H,10,11);2-6H,1H3;1-5H,7H2;2H,1H2,(H,4,5);2*1-2H3;6*1-2H3;2*2H,1H3;1H3;/q;;;;;;;;;;;;;;;;-1;. The van der Waals surface area contributed by atoms with Gasteiger partial charge in [-0.1, -0.05) is 241 Å². The summed E-state index contributed by atoms with van der Waals surface area (Å²) in [5.74, 6) is -1.29. The largest absolute Gasteiger partial charge is 0.478 e. The summed E-state index contributed by atoms with van der Waals surface area (Å²) in [7, 11) is 8.50. The molecule has 6 rings (SSSR count). The van der Waals surface area contributed by atoms with Crippen LogP contribution in [0.25, 0.3) is 0 Å². The van der Waals surface area contributed by atoms with Crippen molar-refractivity contribution < 1.29 is 76.7 Å². The van der Waals surface area contributed by atoms with Crippen molar-refractivity contribution in [3.63, 3.8) is 0 Å². The molecule has 0 atom stereocenters. The summed E-state index contributed by atoms with van der Waals surface area (Å²) >= 11 is 0. The SMILES string of the molecule is C=CC(=O)Nc1ccccc1.C=CC(=O)Nc1ccccc1.C=CC(=O)O.CC.CC.CC.CC.CC.CC.CO.CO.COC.COC.Cc1ccc(CCC(=O)Nc2ccccc2)cc1.Cc1ccccc1.Nc1ccccc1.[CH3-].[Y]. The molecule has 0 fully saturated rings. The Bertz CT molecular complexity index is 2040. The first-order chi connectivity index (χ1) is 39.3. The number of carboxylic acids is 1. The first-order valence-electron chi connectivity index (χ1n) is 27.0. The number of rotatable bonds is 9. The minimum Gasteiger partial charge on any atom is -0.478 e. The van der Waals surface area contributed by atoms with Crippen LogP contribution in [0.3, 0.4) is 0 Å². The Kier molecular flexibility index (Phi) is 123. The topological polar surface area (TPSA) is 210 Å². The molecule has 8 N–H and O–H groups in total. The van der Waals surface area contributed by atoms with Crippen LogP contribution >= 0.6 is 0 Å². The van der Waals surface area contributed by atoms with Gasteiger partial charge in [0.2, 0.25) is 17.7 Å². The van der Waals surface area contributed by atoms with E-state index in [0.717, 1.165) is 49.5 Å². The monoisotopic (exact) mass is 1230 g/mol. The summed E-state index contributed by atoms with van der Waals surface area (Å²) in [4.78, 5) is 42.5. The second-order valence-corrected chi connectivity index (χ2v) is 12.9. The van der Waals surface area contributed by atoms with E-state index in [1.54, 1.807) is 28.4 Å². The zero-order chi connectivity index (χ0) is 64.9. The predicted octanol–water partition coefficient (Wildman–Crippen LogP) is 17.1. The van der Waals surface area contributed by atoms with Crippen molar-refractivity contribution in [2.75, 3.05) is 64.3 Å². The van der Waals surface area contributed by atoms with Crippen molar-refractivity contribution >= 4 is 46.4 Å². The Morgan fingerprint density at radius 1 is 0.434 bits per heavy atom. The van der Waals surface area contributed by atoms with Crippen LogP contribution in [0.5, 0.6) is 0 Å². The fourth-order valence-corrected chi connectivity index (χ4v) is 4.17. The van der Waals surface area contributed by atoms with Crippen LogP contribution in [0, 0.1) is 21.3 Å². The number of carbonyl (C=O) groups excluding carboxylic acids is 3. The van der Waals surface area contributed by atoms with Crippen molar-refractivity contribution in [3.8, 4) is 0 Å². The Labute approximate surface area is 531 Å². The summed E-state index contributed by atoms with van der Waals surface area (Å²) in [5.41, 5.74) is 12.4. The number of hydrogen-bond acceptors (Lipinski definition) is 9. The van der Waals surface area contributed by atoms with Gasteiger partial charge in [-0.2, -0.15) is 0 Å². The third-order valence-electron chi connectivity index (χ3n) is 7.19. The maximum absolute atomic E-state index is 11.7. The summed E-state index contributed by atoms with van der Waals surface area (Å²) in [5, 5.41) is 29.8. The van der Waals surface area contributed by atoms with E-state index in [2.05, 4.69) is 95.4 Å². The molecule has 0 unspecified atom stereocenters. The van der Waals surface area contributed by atoms with E-state index in [1.165, 1.54) is 28.8 Å². The van der Waals surface area contributed by atoms with Crippen molar-refractivity contribution in [2.24, 2.45) is 0 Å².